The molecule has 2 rings (SSSR count). The van der Waals surface area contributed by atoms with Gasteiger partial charge in [0.1, 0.15) is 6.10 Å². The topological polar surface area (TPSA) is 150 Å². The van der Waals surface area contributed by atoms with E-state index in [1.54, 1.807) is 45.3 Å². The number of nitrogens with two attached hydrogens (primary N) is 1. The molecule has 0 saturated carbocycles. The monoisotopic (exact) mass is 546 g/mol. The summed E-state index contributed by atoms with van der Waals surface area (Å²) in [6.07, 6.45) is 3.75. The van der Waals surface area contributed by atoms with Gasteiger partial charge >= 0.3 is 6.09 Å². The number of carbonyl (C=O) groups is 2. The first kappa shape index (κ1) is 31.9. The quantitative estimate of drug-likeness (QED) is 0.416. The number of primary amides is 1. The molecule has 1 aromatic carbocycles. The Kier molecular flexibility index (Phi) is 12.0. The molecule has 0 fully saturated rings. The normalized spacial score (nSPS) is 27.2. The minimum Gasteiger partial charge on any atom is -0.504 e. The summed E-state index contributed by atoms with van der Waals surface area (Å²) in [5.74, 6) is -0.486. The van der Waals surface area contributed by atoms with Crippen molar-refractivity contribution in [2.24, 2.45) is 17.6 Å². The third-order valence-corrected chi connectivity index (χ3v) is 6.83. The number of anilines is 1. The number of aromatic hydroxyl groups is 1. The highest BCUT2D eigenvalue weighted by Crippen LogP contribution is 2.36. The number of carbonyl (C=O) groups excluding carboxylic acids is 2. The Balaban J connectivity index is 2.59. The Bertz CT molecular complexity index is 1100. The average Bonchev–Trinajstić information content (AvgIpc) is 2.87. The fraction of sp³-hybridized carbons (Fsp3) is 0.517. The van der Waals surface area contributed by atoms with Gasteiger partial charge in [-0.25, -0.2) is 4.79 Å². The van der Waals surface area contributed by atoms with E-state index < -0.39 is 30.5 Å². The summed E-state index contributed by atoms with van der Waals surface area (Å²) in [5, 5.41) is 24.5. The number of hydrogen-bond acceptors (Lipinski definition) is 8. The molecule has 39 heavy (non-hydrogen) atoms. The Morgan fingerprint density at radius 1 is 1.13 bits per heavy atom. The van der Waals surface area contributed by atoms with Gasteiger partial charge in [-0.05, 0) is 44.2 Å². The summed E-state index contributed by atoms with van der Waals surface area (Å²) in [7, 11) is 4.48. The number of nitrogens with one attached hydrogen (secondary N) is 1. The maximum atomic E-state index is 12.9. The first-order valence-corrected chi connectivity index (χ1v) is 12.9. The van der Waals surface area contributed by atoms with Crippen molar-refractivity contribution in [3.8, 4) is 11.5 Å². The number of fused-ring (bicyclic) bond motifs is 2. The van der Waals surface area contributed by atoms with Crippen molar-refractivity contribution in [2.75, 3.05) is 26.6 Å². The third kappa shape index (κ3) is 8.84. The number of benzene rings is 1. The van der Waals surface area contributed by atoms with Gasteiger partial charge in [-0.1, -0.05) is 38.2 Å². The Labute approximate surface area is 230 Å². The second-order valence-electron chi connectivity index (χ2n) is 10.0. The number of amides is 2. The smallest absolute Gasteiger partial charge is 0.405 e. The van der Waals surface area contributed by atoms with E-state index in [9.17, 15) is 19.8 Å². The predicted molar refractivity (Wildman–Crippen MR) is 149 cm³/mol. The van der Waals surface area contributed by atoms with Crippen LogP contribution in [0.2, 0.25) is 0 Å². The molecule has 1 aliphatic heterocycles. The first-order valence-electron chi connectivity index (χ1n) is 12.9. The highest BCUT2D eigenvalue weighted by Gasteiger charge is 2.29. The summed E-state index contributed by atoms with van der Waals surface area (Å²) >= 11 is 0. The largest absolute Gasteiger partial charge is 0.504 e. The standard InChI is InChI=1S/C29H42N2O8/c1-16-11-20-14-21(15-22(32)27(20)38-7)31-28(34)17(2)9-8-10-23(36-5)26(39-29(30)35)19(4)13-18(3)25(33)24(12-16)37-6/h8-10,13-16,18,23-26,32-33H,11-12H2,1-7H3,(H2,30,35)(H,31,34)/t16-,18+,23-,24+,25-,26+/m1/s1. The number of hydrogen-bond donors (Lipinski definition) is 4. The molecule has 2 amide bonds. The molecular formula is C29H42N2O8. The summed E-state index contributed by atoms with van der Waals surface area (Å²) in [5.41, 5.74) is 7.49. The van der Waals surface area contributed by atoms with E-state index in [0.29, 0.717) is 41.0 Å². The molecule has 0 spiro atoms. The summed E-state index contributed by atoms with van der Waals surface area (Å²) in [6, 6.07) is 3.20. The van der Waals surface area contributed by atoms with Crippen LogP contribution in [-0.2, 0) is 25.4 Å². The molecule has 0 radical (unpaired) electrons. The van der Waals surface area contributed by atoms with E-state index >= 15 is 0 Å². The van der Waals surface area contributed by atoms with Crippen molar-refractivity contribution in [1.82, 2.24) is 0 Å². The zero-order chi connectivity index (χ0) is 29.3. The molecule has 216 valence electrons. The molecule has 0 unspecified atom stereocenters. The number of aliphatic hydroxyl groups is 1. The number of allylic oxidation sites excluding steroid dienone is 2. The van der Waals surface area contributed by atoms with Gasteiger partial charge in [0.15, 0.2) is 17.6 Å². The summed E-state index contributed by atoms with van der Waals surface area (Å²) < 4.78 is 22.0. The van der Waals surface area contributed by atoms with Gasteiger partial charge in [-0.2, -0.15) is 0 Å². The number of aliphatic hydroxyl groups excluding tert-OH is 1. The van der Waals surface area contributed by atoms with Gasteiger partial charge < -0.3 is 40.2 Å². The van der Waals surface area contributed by atoms with Crippen LogP contribution in [0.4, 0.5) is 10.5 Å². The highest BCUT2D eigenvalue weighted by molar-refractivity contribution is 6.03. The van der Waals surface area contributed by atoms with Crippen LogP contribution in [0.25, 0.3) is 0 Å². The molecule has 1 aromatic rings. The van der Waals surface area contributed by atoms with Crippen LogP contribution >= 0.6 is 0 Å². The molecule has 0 aromatic heterocycles. The van der Waals surface area contributed by atoms with Crippen molar-refractivity contribution in [3.63, 3.8) is 0 Å². The highest BCUT2D eigenvalue weighted by atomic mass is 16.6. The second-order valence-corrected chi connectivity index (χ2v) is 10.0. The van der Waals surface area contributed by atoms with Crippen LogP contribution < -0.4 is 15.8 Å². The van der Waals surface area contributed by atoms with Gasteiger partial charge in [0.05, 0.1) is 19.3 Å². The first-order chi connectivity index (χ1) is 18.4. The van der Waals surface area contributed by atoms with Gasteiger partial charge in [-0.15, -0.1) is 0 Å². The van der Waals surface area contributed by atoms with Gasteiger partial charge in [0, 0.05) is 43.0 Å². The predicted octanol–water partition coefficient (Wildman–Crippen LogP) is 3.86. The number of phenolic OH excluding ortho intramolecular Hbond substituents is 1. The lowest BCUT2D eigenvalue weighted by Gasteiger charge is -2.29. The van der Waals surface area contributed by atoms with E-state index in [4.69, 9.17) is 24.7 Å². The summed E-state index contributed by atoms with van der Waals surface area (Å²) in [4.78, 5) is 24.5. The van der Waals surface area contributed by atoms with Crippen LogP contribution in [0.15, 0.2) is 47.6 Å². The van der Waals surface area contributed by atoms with Gasteiger partial charge in [0.2, 0.25) is 0 Å². The molecule has 10 heteroatoms. The fourth-order valence-electron chi connectivity index (χ4n) is 4.77. The molecule has 0 aliphatic carbocycles. The number of methoxy groups -OCH3 is 3. The van der Waals surface area contributed by atoms with E-state index in [1.165, 1.54) is 20.3 Å². The van der Waals surface area contributed by atoms with Crippen LogP contribution in [-0.4, -0.2) is 68.0 Å². The van der Waals surface area contributed by atoms with Crippen LogP contribution in [0, 0.1) is 11.8 Å². The van der Waals surface area contributed by atoms with Crippen molar-refractivity contribution >= 4 is 17.7 Å². The van der Waals surface area contributed by atoms with E-state index in [-0.39, 0.29) is 23.5 Å². The van der Waals surface area contributed by atoms with Crippen molar-refractivity contribution < 1.29 is 38.7 Å². The molecule has 2 bridgehead atoms. The minimum absolute atomic E-state index is 0.0119. The molecule has 0 saturated heterocycles. The summed E-state index contributed by atoms with van der Waals surface area (Å²) in [6.45, 7) is 7.27. The van der Waals surface area contributed by atoms with E-state index in [0.717, 1.165) is 0 Å². The van der Waals surface area contributed by atoms with E-state index in [2.05, 4.69) is 5.32 Å². The molecule has 1 heterocycles. The lowest BCUT2D eigenvalue weighted by molar-refractivity contribution is -0.112. The van der Waals surface area contributed by atoms with Crippen LogP contribution in [0.5, 0.6) is 11.5 Å². The fourth-order valence-corrected chi connectivity index (χ4v) is 4.77. The molecular weight excluding hydrogens is 504 g/mol. The molecule has 1 aliphatic rings. The SMILES string of the molecule is COc1c(O)cc2cc1C[C@@H](C)C[C@H](OC)[C@H](O)[C@@H](C)C=C(C)[C@H](OC(N)=O)[C@H](OC)C=CC=C(C)C(=O)N2. The zero-order valence-corrected chi connectivity index (χ0v) is 23.8. The Morgan fingerprint density at radius 3 is 2.41 bits per heavy atom. The zero-order valence-electron chi connectivity index (χ0n) is 23.8. The Hall–Kier alpha value is -3.34. The second kappa shape index (κ2) is 14.7. The Morgan fingerprint density at radius 2 is 1.82 bits per heavy atom. The minimum atomic E-state index is -0.968. The van der Waals surface area contributed by atoms with E-state index in [1.807, 2.05) is 19.9 Å². The van der Waals surface area contributed by atoms with Gasteiger partial charge in [0.25, 0.3) is 5.91 Å². The number of phenols is 1. The average molecular weight is 547 g/mol. The van der Waals surface area contributed by atoms with Gasteiger partial charge in [-0.3, -0.25) is 4.79 Å². The third-order valence-electron chi connectivity index (χ3n) is 6.83. The van der Waals surface area contributed by atoms with Crippen molar-refractivity contribution in [2.45, 2.75) is 65.0 Å². The number of rotatable bonds is 4. The van der Waals surface area contributed by atoms with Crippen LogP contribution in [0.3, 0.4) is 0 Å². The molecule has 5 N–H and O–H groups in total. The maximum Gasteiger partial charge on any atom is 0.405 e. The van der Waals surface area contributed by atoms with Crippen LogP contribution in [0.1, 0.15) is 39.7 Å². The number of ether oxygens (including phenoxy) is 4. The van der Waals surface area contributed by atoms with Crippen molar-refractivity contribution in [3.05, 3.63) is 53.1 Å². The molecule has 6 atom stereocenters. The maximum absolute atomic E-state index is 12.9. The lowest BCUT2D eigenvalue weighted by atomic mass is 9.88. The van der Waals surface area contributed by atoms with Crippen molar-refractivity contribution in [1.29, 1.82) is 0 Å². The lowest BCUT2D eigenvalue weighted by Crippen LogP contribution is -2.37. The molecule has 10 nitrogen and oxygen atoms in total.